The summed E-state index contributed by atoms with van der Waals surface area (Å²) < 4.78 is 25.2. The van der Waals surface area contributed by atoms with Crippen molar-refractivity contribution in [3.63, 3.8) is 0 Å². The third kappa shape index (κ3) is 2.09. The van der Waals surface area contributed by atoms with Gasteiger partial charge >= 0.3 is 0 Å². The highest BCUT2D eigenvalue weighted by Gasteiger charge is 2.27. The molecule has 92 valence electrons. The molecule has 4 heteroatoms. The van der Waals surface area contributed by atoms with Gasteiger partial charge in [-0.3, -0.25) is 4.31 Å². The number of hydrogen-bond acceptors (Lipinski definition) is 2. The zero-order valence-electron chi connectivity index (χ0n) is 10.2. The first-order chi connectivity index (χ1) is 7.95. The van der Waals surface area contributed by atoms with Crippen LogP contribution in [0.2, 0.25) is 0 Å². The zero-order valence-corrected chi connectivity index (χ0v) is 11.0. The molecule has 0 aliphatic carbocycles. The summed E-state index contributed by atoms with van der Waals surface area (Å²) in [5, 5.41) is 1.02. The van der Waals surface area contributed by atoms with Gasteiger partial charge in [0, 0.05) is 12.0 Å². The fraction of sp³-hybridized carbons (Fsp3) is 0.385. The molecule has 0 atom stereocenters. The van der Waals surface area contributed by atoms with E-state index in [0.717, 1.165) is 28.6 Å². The third-order valence-corrected chi connectivity index (χ3v) is 4.56. The summed E-state index contributed by atoms with van der Waals surface area (Å²) in [5.41, 5.74) is 3.07. The Kier molecular flexibility index (Phi) is 3.00. The van der Waals surface area contributed by atoms with Crippen molar-refractivity contribution in [3.8, 4) is 0 Å². The van der Waals surface area contributed by atoms with Gasteiger partial charge in [0.25, 0.3) is 10.0 Å². The van der Waals surface area contributed by atoms with Crippen molar-refractivity contribution >= 4 is 15.7 Å². The fourth-order valence-corrected chi connectivity index (χ4v) is 3.05. The molecule has 0 bridgehead atoms. The van der Waals surface area contributed by atoms with Gasteiger partial charge < -0.3 is 0 Å². The van der Waals surface area contributed by atoms with Crippen LogP contribution in [0, 0.1) is 0 Å². The lowest BCUT2D eigenvalue weighted by Crippen LogP contribution is -2.26. The Morgan fingerprint density at radius 3 is 2.71 bits per heavy atom. The molecular weight excluding hydrogens is 234 g/mol. The highest BCUT2D eigenvalue weighted by Crippen LogP contribution is 2.33. The van der Waals surface area contributed by atoms with Gasteiger partial charge in [-0.05, 0) is 29.5 Å². The van der Waals surface area contributed by atoms with Crippen LogP contribution in [0.5, 0.6) is 0 Å². The summed E-state index contributed by atoms with van der Waals surface area (Å²) in [4.78, 5) is 0. The predicted molar refractivity (Wildman–Crippen MR) is 70.7 cm³/mol. The molecule has 0 saturated heterocycles. The Hall–Kier alpha value is -1.29. The number of anilines is 1. The van der Waals surface area contributed by atoms with E-state index in [4.69, 9.17) is 0 Å². The normalized spacial score (nSPS) is 15.1. The lowest BCUT2D eigenvalue weighted by Gasteiger charge is -2.18. The molecule has 1 heterocycles. The molecule has 1 aliphatic rings. The van der Waals surface area contributed by atoms with Crippen LogP contribution in [-0.2, 0) is 16.4 Å². The number of sulfonamides is 1. The summed E-state index contributed by atoms with van der Waals surface area (Å²) in [6.45, 7) is 8.10. The minimum atomic E-state index is -3.36. The van der Waals surface area contributed by atoms with Crippen molar-refractivity contribution in [1.82, 2.24) is 0 Å². The maximum atomic E-state index is 11.9. The molecular formula is C13H17NO2S. The highest BCUT2D eigenvalue weighted by atomic mass is 32.2. The molecule has 3 nitrogen and oxygen atoms in total. The van der Waals surface area contributed by atoms with Gasteiger partial charge in [-0.2, -0.15) is 0 Å². The molecule has 0 fully saturated rings. The van der Waals surface area contributed by atoms with E-state index in [1.54, 1.807) is 0 Å². The molecule has 0 saturated carbocycles. The molecule has 0 spiro atoms. The second kappa shape index (κ2) is 4.18. The van der Waals surface area contributed by atoms with Crippen LogP contribution in [-0.4, -0.2) is 15.0 Å². The molecule has 0 radical (unpaired) electrons. The Labute approximate surface area is 103 Å². The van der Waals surface area contributed by atoms with Gasteiger partial charge in [0.1, 0.15) is 0 Å². The second-order valence-electron chi connectivity index (χ2n) is 4.58. The van der Waals surface area contributed by atoms with Gasteiger partial charge in [0.15, 0.2) is 0 Å². The molecule has 1 aromatic rings. The molecule has 2 rings (SSSR count). The first-order valence-electron chi connectivity index (χ1n) is 5.73. The van der Waals surface area contributed by atoms with E-state index in [0.29, 0.717) is 12.5 Å². The molecule has 1 aliphatic heterocycles. The monoisotopic (exact) mass is 251 g/mol. The molecule has 0 unspecified atom stereocenters. The van der Waals surface area contributed by atoms with Crippen LogP contribution >= 0.6 is 0 Å². The molecule has 1 aromatic carbocycles. The van der Waals surface area contributed by atoms with E-state index in [-0.39, 0.29) is 0 Å². The molecule has 0 aromatic heterocycles. The van der Waals surface area contributed by atoms with Crippen molar-refractivity contribution in [2.75, 3.05) is 10.8 Å². The predicted octanol–water partition coefficient (Wildman–Crippen LogP) is 2.65. The standard InChI is InChI=1S/C13H17NO2S/c1-4-17(15,16)14-8-7-11-5-6-12(10(2)3)9-13(11)14/h4-6,9-10H,1,7-8H2,2-3H3. The van der Waals surface area contributed by atoms with Crippen molar-refractivity contribution in [1.29, 1.82) is 0 Å². The topological polar surface area (TPSA) is 37.4 Å². The molecule has 0 amide bonds. The largest absolute Gasteiger partial charge is 0.266 e. The first-order valence-corrected chi connectivity index (χ1v) is 7.24. The van der Waals surface area contributed by atoms with E-state index in [2.05, 4.69) is 26.5 Å². The van der Waals surface area contributed by atoms with E-state index < -0.39 is 10.0 Å². The SMILES string of the molecule is C=CS(=O)(=O)N1CCc2ccc(C(C)C)cc21. The maximum absolute atomic E-state index is 11.9. The smallest absolute Gasteiger partial charge is 0.256 e. The van der Waals surface area contributed by atoms with Gasteiger partial charge in [-0.15, -0.1) is 0 Å². The highest BCUT2D eigenvalue weighted by molar-refractivity contribution is 7.95. The number of fused-ring (bicyclic) bond motifs is 1. The van der Waals surface area contributed by atoms with Gasteiger partial charge in [-0.1, -0.05) is 32.6 Å². The average Bonchev–Trinajstić information content (AvgIpc) is 2.72. The lowest BCUT2D eigenvalue weighted by atomic mass is 10.0. The Morgan fingerprint density at radius 2 is 2.12 bits per heavy atom. The third-order valence-electron chi connectivity index (χ3n) is 3.15. The molecule has 17 heavy (non-hydrogen) atoms. The lowest BCUT2D eigenvalue weighted by molar-refractivity contribution is 0.601. The minimum Gasteiger partial charge on any atom is -0.266 e. The van der Waals surface area contributed by atoms with E-state index in [9.17, 15) is 8.42 Å². The van der Waals surface area contributed by atoms with E-state index >= 15 is 0 Å². The van der Waals surface area contributed by atoms with Crippen molar-refractivity contribution < 1.29 is 8.42 Å². The summed E-state index contributed by atoms with van der Waals surface area (Å²) in [7, 11) is -3.36. The van der Waals surface area contributed by atoms with Crippen LogP contribution in [0.1, 0.15) is 30.9 Å². The Morgan fingerprint density at radius 1 is 1.41 bits per heavy atom. The van der Waals surface area contributed by atoms with Crippen LogP contribution in [0.3, 0.4) is 0 Å². The Bertz CT molecular complexity index is 547. The number of hydrogen-bond donors (Lipinski definition) is 0. The van der Waals surface area contributed by atoms with Crippen molar-refractivity contribution in [2.24, 2.45) is 0 Å². The summed E-state index contributed by atoms with van der Waals surface area (Å²) in [6.07, 6.45) is 0.779. The van der Waals surface area contributed by atoms with Crippen LogP contribution in [0.25, 0.3) is 0 Å². The Balaban J connectivity index is 2.50. The van der Waals surface area contributed by atoms with Crippen LogP contribution < -0.4 is 4.31 Å². The van der Waals surface area contributed by atoms with Crippen LogP contribution in [0.15, 0.2) is 30.2 Å². The summed E-state index contributed by atoms with van der Waals surface area (Å²) >= 11 is 0. The maximum Gasteiger partial charge on any atom is 0.256 e. The van der Waals surface area contributed by atoms with E-state index in [1.165, 1.54) is 4.31 Å². The van der Waals surface area contributed by atoms with E-state index in [1.807, 2.05) is 12.1 Å². The van der Waals surface area contributed by atoms with Crippen molar-refractivity contribution in [2.45, 2.75) is 26.2 Å². The fourth-order valence-electron chi connectivity index (χ4n) is 2.08. The quantitative estimate of drug-likeness (QED) is 0.828. The minimum absolute atomic E-state index is 0.397. The first kappa shape index (κ1) is 12.2. The van der Waals surface area contributed by atoms with Gasteiger partial charge in [0.05, 0.1) is 5.69 Å². The second-order valence-corrected chi connectivity index (χ2v) is 6.38. The zero-order chi connectivity index (χ0) is 12.6. The number of nitrogens with zero attached hydrogens (tertiary/aromatic N) is 1. The molecule has 0 N–H and O–H groups in total. The average molecular weight is 251 g/mol. The van der Waals surface area contributed by atoms with Crippen molar-refractivity contribution in [3.05, 3.63) is 41.3 Å². The van der Waals surface area contributed by atoms with Gasteiger partial charge in [-0.25, -0.2) is 8.42 Å². The summed E-state index contributed by atoms with van der Waals surface area (Å²) in [6, 6.07) is 6.09. The van der Waals surface area contributed by atoms with Gasteiger partial charge in [0.2, 0.25) is 0 Å². The summed E-state index contributed by atoms with van der Waals surface area (Å²) in [5.74, 6) is 0.397. The van der Waals surface area contributed by atoms with Crippen LogP contribution in [0.4, 0.5) is 5.69 Å². The number of rotatable bonds is 3. The number of benzene rings is 1.